The number of amides is 1. The summed E-state index contributed by atoms with van der Waals surface area (Å²) in [6.45, 7) is 7.80. The van der Waals surface area contributed by atoms with Crippen molar-refractivity contribution in [2.24, 2.45) is 10.7 Å². The third kappa shape index (κ3) is 6.05. The normalized spacial score (nSPS) is 12.8. The van der Waals surface area contributed by atoms with E-state index in [9.17, 15) is 14.7 Å². The Balaban J connectivity index is 2.14. The molecule has 0 aromatic heterocycles. The molecule has 2 aromatic carbocycles. The molecule has 0 spiro atoms. The minimum atomic E-state index is -0.440. The van der Waals surface area contributed by atoms with E-state index in [-0.39, 0.29) is 23.4 Å². The Morgan fingerprint density at radius 1 is 1.06 bits per heavy atom. The van der Waals surface area contributed by atoms with E-state index < -0.39 is 11.7 Å². The van der Waals surface area contributed by atoms with Crippen LogP contribution in [0, 0.1) is 0 Å². The first-order chi connectivity index (χ1) is 15.0. The number of aliphatic imine (C=N–C) groups is 1. The fourth-order valence-corrected chi connectivity index (χ4v) is 3.40. The molecule has 32 heavy (non-hydrogen) atoms. The molecule has 5 N–H and O–H groups in total. The van der Waals surface area contributed by atoms with Gasteiger partial charge in [0.05, 0.1) is 12.3 Å². The molecule has 0 heterocycles. The number of nitrogens with one attached hydrogen (secondary N) is 2. The number of nitrogens with zero attached hydrogens (tertiary/aromatic N) is 1. The molecule has 0 fully saturated rings. The Bertz CT molecular complexity index is 1070. The van der Waals surface area contributed by atoms with Gasteiger partial charge in [0.15, 0.2) is 0 Å². The maximum atomic E-state index is 12.9. The molecule has 0 aliphatic carbocycles. The number of Topliss-reactive ketones (excluding diaryl/α,β-unsaturated/α-hetero) is 1. The summed E-state index contributed by atoms with van der Waals surface area (Å²) in [6.07, 6.45) is 0. The Kier molecular flexibility index (Phi) is 8.35. The van der Waals surface area contributed by atoms with Crippen LogP contribution in [0.5, 0.6) is 0 Å². The molecular formula is C24H29BrN4O3. The van der Waals surface area contributed by atoms with Crippen LogP contribution in [0.3, 0.4) is 0 Å². The monoisotopic (exact) mass is 500 g/mol. The first-order valence-corrected chi connectivity index (χ1v) is 10.8. The van der Waals surface area contributed by atoms with E-state index >= 15 is 0 Å². The lowest BCUT2D eigenvalue weighted by Crippen LogP contribution is -2.38. The fourth-order valence-electron chi connectivity index (χ4n) is 2.89. The van der Waals surface area contributed by atoms with Gasteiger partial charge >= 0.3 is 0 Å². The van der Waals surface area contributed by atoms with Gasteiger partial charge in [-0.05, 0) is 35.6 Å². The minimum absolute atomic E-state index is 0.00227. The lowest BCUT2D eigenvalue weighted by molar-refractivity contribution is -0.109. The summed E-state index contributed by atoms with van der Waals surface area (Å²) in [5.41, 5.74) is 14.6. The molecule has 0 saturated heterocycles. The summed E-state index contributed by atoms with van der Waals surface area (Å²) in [7, 11) is 1.54. The lowest BCUT2D eigenvalue weighted by Gasteiger charge is -2.19. The van der Waals surface area contributed by atoms with Crippen LogP contribution in [0.15, 0.2) is 63.3 Å². The number of carbonyl (C=O) groups excluding carboxylic acids is 2. The van der Waals surface area contributed by atoms with Gasteiger partial charge in [-0.2, -0.15) is 0 Å². The van der Waals surface area contributed by atoms with Gasteiger partial charge in [0.1, 0.15) is 11.4 Å². The Morgan fingerprint density at radius 2 is 1.66 bits per heavy atom. The smallest absolute Gasteiger partial charge is 0.269 e. The molecule has 8 heteroatoms. The largest absolute Gasteiger partial charge is 0.394 e. The van der Waals surface area contributed by atoms with Crippen molar-refractivity contribution in [1.29, 1.82) is 0 Å². The quantitative estimate of drug-likeness (QED) is 0.264. The molecule has 7 nitrogen and oxygen atoms in total. The fraction of sp³-hybridized carbons (Fsp3) is 0.292. The summed E-state index contributed by atoms with van der Waals surface area (Å²) in [5, 5.41) is 9.23. The van der Waals surface area contributed by atoms with Gasteiger partial charge in [0, 0.05) is 22.6 Å². The Labute approximate surface area is 196 Å². The SMILES string of the molecule is CN=C(C(=O)C(N)=C(C)NNC(=O)c1ccc(CO)c(Br)c1)c1ccc(C(C)(C)C)cc1. The van der Waals surface area contributed by atoms with E-state index in [1.807, 2.05) is 24.3 Å². The average Bonchev–Trinajstić information content (AvgIpc) is 2.76. The van der Waals surface area contributed by atoms with Gasteiger partial charge in [-0.1, -0.05) is 67.0 Å². The highest BCUT2D eigenvalue weighted by Crippen LogP contribution is 2.23. The van der Waals surface area contributed by atoms with Crippen LogP contribution < -0.4 is 16.6 Å². The number of carbonyl (C=O) groups is 2. The number of aliphatic hydroxyl groups excluding tert-OH is 1. The predicted octanol–water partition coefficient (Wildman–Crippen LogP) is 3.35. The molecule has 0 aliphatic heterocycles. The highest BCUT2D eigenvalue weighted by molar-refractivity contribution is 9.10. The summed E-state index contributed by atoms with van der Waals surface area (Å²) < 4.78 is 0.621. The van der Waals surface area contributed by atoms with Crippen LogP contribution in [0.4, 0.5) is 0 Å². The van der Waals surface area contributed by atoms with E-state index in [2.05, 4.69) is 52.5 Å². The molecular weight excluding hydrogens is 472 g/mol. The highest BCUT2D eigenvalue weighted by Gasteiger charge is 2.20. The van der Waals surface area contributed by atoms with Crippen LogP contribution in [-0.4, -0.2) is 29.6 Å². The van der Waals surface area contributed by atoms with E-state index in [1.165, 1.54) is 7.05 Å². The molecule has 0 bridgehead atoms. The number of hydrogen-bond donors (Lipinski definition) is 4. The number of aliphatic hydroxyl groups is 1. The zero-order valence-electron chi connectivity index (χ0n) is 18.9. The lowest BCUT2D eigenvalue weighted by atomic mass is 9.86. The van der Waals surface area contributed by atoms with Gasteiger partial charge in [-0.3, -0.25) is 20.0 Å². The molecule has 0 aliphatic rings. The van der Waals surface area contributed by atoms with Crippen molar-refractivity contribution in [3.05, 3.63) is 80.6 Å². The van der Waals surface area contributed by atoms with Crippen LogP contribution in [0.2, 0.25) is 0 Å². The number of allylic oxidation sites excluding steroid dienone is 2. The zero-order valence-corrected chi connectivity index (χ0v) is 20.5. The molecule has 0 atom stereocenters. The molecule has 1 amide bonds. The zero-order chi connectivity index (χ0) is 24.1. The number of halogens is 1. The van der Waals surface area contributed by atoms with Crippen molar-refractivity contribution in [3.63, 3.8) is 0 Å². The highest BCUT2D eigenvalue weighted by atomic mass is 79.9. The van der Waals surface area contributed by atoms with Gasteiger partial charge in [-0.15, -0.1) is 0 Å². The molecule has 2 rings (SSSR count). The Hall–Kier alpha value is -2.97. The number of rotatable bonds is 7. The summed E-state index contributed by atoms with van der Waals surface area (Å²) in [6, 6.07) is 12.5. The van der Waals surface area contributed by atoms with E-state index in [0.717, 1.165) is 5.56 Å². The van der Waals surface area contributed by atoms with E-state index in [4.69, 9.17) is 5.73 Å². The number of hydrogen-bond acceptors (Lipinski definition) is 6. The van der Waals surface area contributed by atoms with Crippen LogP contribution in [-0.2, 0) is 16.8 Å². The molecule has 0 radical (unpaired) electrons. The number of benzene rings is 2. The van der Waals surface area contributed by atoms with Crippen LogP contribution in [0.25, 0.3) is 0 Å². The van der Waals surface area contributed by atoms with Crippen molar-refractivity contribution in [2.45, 2.75) is 39.7 Å². The second kappa shape index (κ2) is 10.6. The average molecular weight is 501 g/mol. The van der Waals surface area contributed by atoms with Gasteiger partial charge in [0.2, 0.25) is 5.78 Å². The number of ketones is 1. The first-order valence-electron chi connectivity index (χ1n) is 10.0. The summed E-state index contributed by atoms with van der Waals surface area (Å²) >= 11 is 3.31. The van der Waals surface area contributed by atoms with Crippen molar-refractivity contribution >= 4 is 33.3 Å². The number of hydrazine groups is 1. The topological polar surface area (TPSA) is 117 Å². The van der Waals surface area contributed by atoms with Crippen molar-refractivity contribution in [3.8, 4) is 0 Å². The Morgan fingerprint density at radius 3 is 2.16 bits per heavy atom. The third-order valence-electron chi connectivity index (χ3n) is 4.96. The standard InChI is InChI=1S/C24H29BrN4O3/c1-14(28-29-23(32)16-6-7-17(13-30)19(25)12-16)20(26)22(31)21(27-5)15-8-10-18(11-9-15)24(2,3)4/h6-12,28,30H,13,26H2,1-5H3,(H,29,32). The van der Waals surface area contributed by atoms with E-state index in [1.54, 1.807) is 25.1 Å². The molecule has 2 aromatic rings. The summed E-state index contributed by atoms with van der Waals surface area (Å²) in [5.74, 6) is -0.859. The van der Waals surface area contributed by atoms with Gasteiger partial charge in [0.25, 0.3) is 5.91 Å². The second-order valence-corrected chi connectivity index (χ2v) is 9.17. The van der Waals surface area contributed by atoms with Gasteiger partial charge in [-0.25, -0.2) is 0 Å². The predicted molar refractivity (Wildman–Crippen MR) is 130 cm³/mol. The molecule has 0 saturated carbocycles. The number of nitrogens with two attached hydrogens (primary N) is 1. The molecule has 170 valence electrons. The maximum Gasteiger partial charge on any atom is 0.269 e. The summed E-state index contributed by atoms with van der Waals surface area (Å²) in [4.78, 5) is 29.5. The van der Waals surface area contributed by atoms with Crippen LogP contribution >= 0.6 is 15.9 Å². The second-order valence-electron chi connectivity index (χ2n) is 8.31. The van der Waals surface area contributed by atoms with E-state index in [0.29, 0.717) is 26.9 Å². The van der Waals surface area contributed by atoms with Crippen LogP contribution in [0.1, 0.15) is 54.7 Å². The van der Waals surface area contributed by atoms with Crippen molar-refractivity contribution in [2.75, 3.05) is 7.05 Å². The van der Waals surface area contributed by atoms with Crippen molar-refractivity contribution < 1.29 is 14.7 Å². The van der Waals surface area contributed by atoms with Crippen molar-refractivity contribution in [1.82, 2.24) is 10.9 Å². The third-order valence-corrected chi connectivity index (χ3v) is 5.70. The maximum absolute atomic E-state index is 12.9. The first kappa shape index (κ1) is 25.3. The molecule has 0 unspecified atom stereocenters. The van der Waals surface area contributed by atoms with Gasteiger partial charge < -0.3 is 16.3 Å². The minimum Gasteiger partial charge on any atom is -0.394 e.